The number of aromatic nitrogens is 1. The van der Waals surface area contributed by atoms with Gasteiger partial charge in [0.25, 0.3) is 10.0 Å². The van der Waals surface area contributed by atoms with Crippen molar-refractivity contribution in [1.29, 1.82) is 0 Å². The van der Waals surface area contributed by atoms with E-state index in [1.54, 1.807) is 20.8 Å². The van der Waals surface area contributed by atoms with Gasteiger partial charge in [0.05, 0.1) is 6.54 Å². The number of carbonyl (C=O) groups excluding carboxylic acids is 1. The molecule has 0 aliphatic rings. The van der Waals surface area contributed by atoms with Gasteiger partial charge in [-0.2, -0.15) is 0 Å². The number of hydrogen-bond acceptors (Lipinski definition) is 4. The zero-order valence-electron chi connectivity index (χ0n) is 10.9. The van der Waals surface area contributed by atoms with Crippen LogP contribution in [0.5, 0.6) is 0 Å². The van der Waals surface area contributed by atoms with Crippen molar-refractivity contribution in [2.45, 2.75) is 31.3 Å². The number of pyridine rings is 1. The van der Waals surface area contributed by atoms with Gasteiger partial charge in [-0.1, -0.05) is 0 Å². The number of amides is 1. The largest absolute Gasteiger partial charge is 0.350 e. The summed E-state index contributed by atoms with van der Waals surface area (Å²) in [6.07, 6.45) is 1.16. The first kappa shape index (κ1) is 15.5. The van der Waals surface area contributed by atoms with E-state index in [1.807, 2.05) is 4.72 Å². The van der Waals surface area contributed by atoms with E-state index in [4.69, 9.17) is 0 Å². The fourth-order valence-electron chi connectivity index (χ4n) is 1.26. The third-order valence-corrected chi connectivity index (χ3v) is 3.25. The SMILES string of the molecule is CC(C)(C)NC(=O)CNS(=O)(=O)c1ncccc1F. The number of sulfonamides is 1. The van der Waals surface area contributed by atoms with Gasteiger partial charge in [0.15, 0.2) is 5.82 Å². The summed E-state index contributed by atoms with van der Waals surface area (Å²) in [7, 11) is -4.14. The second-order valence-electron chi connectivity index (χ2n) is 4.91. The molecule has 106 valence electrons. The van der Waals surface area contributed by atoms with Crippen molar-refractivity contribution in [3.8, 4) is 0 Å². The third kappa shape index (κ3) is 4.92. The molecule has 0 unspecified atom stereocenters. The molecule has 1 amide bonds. The van der Waals surface area contributed by atoms with Crippen LogP contribution >= 0.6 is 0 Å². The van der Waals surface area contributed by atoms with E-state index in [0.717, 1.165) is 12.3 Å². The molecule has 8 heteroatoms. The molecule has 19 heavy (non-hydrogen) atoms. The van der Waals surface area contributed by atoms with E-state index in [2.05, 4.69) is 10.3 Å². The van der Waals surface area contributed by atoms with Crippen LogP contribution in [-0.2, 0) is 14.8 Å². The van der Waals surface area contributed by atoms with Crippen molar-refractivity contribution in [3.05, 3.63) is 24.1 Å². The fourth-order valence-corrected chi connectivity index (χ4v) is 2.24. The number of hydrogen-bond donors (Lipinski definition) is 2. The van der Waals surface area contributed by atoms with E-state index in [9.17, 15) is 17.6 Å². The highest BCUT2D eigenvalue weighted by Crippen LogP contribution is 2.09. The van der Waals surface area contributed by atoms with Crippen LogP contribution < -0.4 is 10.0 Å². The first-order valence-corrected chi connectivity index (χ1v) is 7.01. The zero-order valence-corrected chi connectivity index (χ0v) is 11.7. The molecule has 0 spiro atoms. The molecule has 1 rings (SSSR count). The Labute approximate surface area is 111 Å². The molecular formula is C11H16FN3O3S. The maximum absolute atomic E-state index is 13.3. The Morgan fingerprint density at radius 1 is 1.42 bits per heavy atom. The molecule has 1 aromatic rings. The van der Waals surface area contributed by atoms with Crippen LogP contribution in [0.3, 0.4) is 0 Å². The van der Waals surface area contributed by atoms with Gasteiger partial charge in [-0.25, -0.2) is 22.5 Å². The molecule has 0 fully saturated rings. The van der Waals surface area contributed by atoms with Crippen molar-refractivity contribution >= 4 is 15.9 Å². The minimum atomic E-state index is -4.14. The van der Waals surface area contributed by atoms with E-state index < -0.39 is 38.9 Å². The van der Waals surface area contributed by atoms with Crippen molar-refractivity contribution in [3.63, 3.8) is 0 Å². The minimum absolute atomic E-state index is 0.473. The lowest BCUT2D eigenvalue weighted by molar-refractivity contribution is -0.121. The smallest absolute Gasteiger partial charge is 0.261 e. The predicted octanol–water partition coefficient (Wildman–Crippen LogP) is 0.414. The van der Waals surface area contributed by atoms with Crippen LogP contribution in [0.25, 0.3) is 0 Å². The molecule has 0 atom stereocenters. The summed E-state index contributed by atoms with van der Waals surface area (Å²) >= 11 is 0. The van der Waals surface area contributed by atoms with E-state index >= 15 is 0 Å². The Morgan fingerprint density at radius 3 is 2.58 bits per heavy atom. The zero-order chi connectivity index (χ0) is 14.7. The highest BCUT2D eigenvalue weighted by molar-refractivity contribution is 7.89. The molecule has 0 bridgehead atoms. The summed E-state index contributed by atoms with van der Waals surface area (Å²) in [5, 5.41) is 1.85. The molecule has 0 radical (unpaired) electrons. The highest BCUT2D eigenvalue weighted by Gasteiger charge is 2.22. The average Bonchev–Trinajstić information content (AvgIpc) is 2.24. The summed E-state index contributed by atoms with van der Waals surface area (Å²) in [5.74, 6) is -1.47. The van der Waals surface area contributed by atoms with Crippen molar-refractivity contribution in [2.75, 3.05) is 6.54 Å². The minimum Gasteiger partial charge on any atom is -0.350 e. The number of rotatable bonds is 4. The van der Waals surface area contributed by atoms with Crippen LogP contribution in [0.1, 0.15) is 20.8 Å². The lowest BCUT2D eigenvalue weighted by Crippen LogP contribution is -2.45. The van der Waals surface area contributed by atoms with Crippen molar-refractivity contribution < 1.29 is 17.6 Å². The van der Waals surface area contributed by atoms with Gasteiger partial charge in [-0.3, -0.25) is 4.79 Å². The highest BCUT2D eigenvalue weighted by atomic mass is 32.2. The van der Waals surface area contributed by atoms with E-state index in [0.29, 0.717) is 0 Å². The fraction of sp³-hybridized carbons (Fsp3) is 0.455. The Morgan fingerprint density at radius 2 is 2.05 bits per heavy atom. The Bertz CT molecular complexity index is 567. The Kier molecular flexibility index (Phi) is 4.59. The number of nitrogens with zero attached hydrogens (tertiary/aromatic N) is 1. The number of carbonyl (C=O) groups is 1. The monoisotopic (exact) mass is 289 g/mol. The Balaban J connectivity index is 2.72. The second kappa shape index (κ2) is 5.62. The summed E-state index contributed by atoms with van der Waals surface area (Å²) < 4.78 is 38.8. The molecule has 1 heterocycles. The third-order valence-electron chi connectivity index (χ3n) is 1.92. The summed E-state index contributed by atoms with van der Waals surface area (Å²) in [6.45, 7) is 4.81. The van der Waals surface area contributed by atoms with Crippen LogP contribution in [-0.4, -0.2) is 31.4 Å². The second-order valence-corrected chi connectivity index (χ2v) is 6.60. The maximum atomic E-state index is 13.3. The first-order valence-electron chi connectivity index (χ1n) is 5.53. The summed E-state index contributed by atoms with van der Waals surface area (Å²) in [4.78, 5) is 14.9. The molecule has 0 aliphatic heterocycles. The molecule has 0 aliphatic carbocycles. The van der Waals surface area contributed by atoms with E-state index in [1.165, 1.54) is 6.07 Å². The molecule has 0 saturated carbocycles. The maximum Gasteiger partial charge on any atom is 0.261 e. The topological polar surface area (TPSA) is 88.2 Å². The van der Waals surface area contributed by atoms with Crippen LogP contribution in [0.15, 0.2) is 23.4 Å². The molecule has 0 saturated heterocycles. The number of halogens is 1. The normalized spacial score (nSPS) is 12.2. The van der Waals surface area contributed by atoms with Crippen molar-refractivity contribution in [2.24, 2.45) is 0 Å². The molecular weight excluding hydrogens is 273 g/mol. The molecule has 2 N–H and O–H groups in total. The van der Waals surface area contributed by atoms with E-state index in [-0.39, 0.29) is 0 Å². The predicted molar refractivity (Wildman–Crippen MR) is 67.3 cm³/mol. The first-order chi connectivity index (χ1) is 8.62. The van der Waals surface area contributed by atoms with Gasteiger partial charge in [0, 0.05) is 11.7 Å². The van der Waals surface area contributed by atoms with Gasteiger partial charge < -0.3 is 5.32 Å². The Hall–Kier alpha value is -1.54. The standard InChI is InChI=1S/C11H16FN3O3S/c1-11(2,3)15-9(16)7-14-19(17,18)10-8(12)5-4-6-13-10/h4-6,14H,7H2,1-3H3,(H,15,16). The van der Waals surface area contributed by atoms with Crippen LogP contribution in [0, 0.1) is 5.82 Å². The summed E-state index contributed by atoms with van der Waals surface area (Å²) in [6, 6.07) is 2.26. The quantitative estimate of drug-likeness (QED) is 0.840. The lowest BCUT2D eigenvalue weighted by Gasteiger charge is -2.20. The van der Waals surface area contributed by atoms with Crippen LogP contribution in [0.4, 0.5) is 4.39 Å². The summed E-state index contributed by atoms with van der Waals surface area (Å²) in [5.41, 5.74) is -0.473. The van der Waals surface area contributed by atoms with Gasteiger partial charge >= 0.3 is 0 Å². The molecule has 1 aromatic heterocycles. The van der Waals surface area contributed by atoms with Gasteiger partial charge in [-0.15, -0.1) is 0 Å². The van der Waals surface area contributed by atoms with Gasteiger partial charge in [-0.05, 0) is 32.9 Å². The molecule has 6 nitrogen and oxygen atoms in total. The number of nitrogens with one attached hydrogen (secondary N) is 2. The van der Waals surface area contributed by atoms with Crippen molar-refractivity contribution in [1.82, 2.24) is 15.0 Å². The van der Waals surface area contributed by atoms with Gasteiger partial charge in [0.2, 0.25) is 10.9 Å². The average molecular weight is 289 g/mol. The lowest BCUT2D eigenvalue weighted by atomic mass is 10.1. The van der Waals surface area contributed by atoms with Gasteiger partial charge in [0.1, 0.15) is 0 Å². The molecule has 0 aromatic carbocycles. The van der Waals surface area contributed by atoms with Crippen LogP contribution in [0.2, 0.25) is 0 Å².